The van der Waals surface area contributed by atoms with Gasteiger partial charge in [0.25, 0.3) is 0 Å². The van der Waals surface area contributed by atoms with Gasteiger partial charge >= 0.3 is 0 Å². The molecule has 0 aromatic carbocycles. The van der Waals surface area contributed by atoms with Gasteiger partial charge in [0.15, 0.2) is 0 Å². The van der Waals surface area contributed by atoms with Gasteiger partial charge in [0.1, 0.15) is 0 Å². The number of nitrogens with zero attached hydrogens (tertiary/aromatic N) is 3. The Labute approximate surface area is 96.9 Å². The van der Waals surface area contributed by atoms with Crippen LogP contribution in [0.2, 0.25) is 0 Å². The van der Waals surface area contributed by atoms with Gasteiger partial charge in [-0.1, -0.05) is 27.7 Å². The van der Waals surface area contributed by atoms with Gasteiger partial charge in [0, 0.05) is 6.04 Å². The van der Waals surface area contributed by atoms with E-state index >= 15 is 0 Å². The predicted molar refractivity (Wildman–Crippen MR) is 64.4 cm³/mol. The summed E-state index contributed by atoms with van der Waals surface area (Å²) in [6.45, 7) is 8.69. The molecule has 1 aromatic heterocycles. The van der Waals surface area contributed by atoms with Crippen LogP contribution in [0.3, 0.4) is 0 Å². The fourth-order valence-electron chi connectivity index (χ4n) is 1.87. The SMILES string of the molecule is CCc1nnc(NC2CC2(C)C)nc1CC. The zero-order chi connectivity index (χ0) is 11.8. The van der Waals surface area contributed by atoms with Crippen LogP contribution in [-0.4, -0.2) is 21.2 Å². The Kier molecular flexibility index (Phi) is 2.82. The Morgan fingerprint density at radius 1 is 1.19 bits per heavy atom. The lowest BCUT2D eigenvalue weighted by Crippen LogP contribution is -2.14. The van der Waals surface area contributed by atoms with Crippen LogP contribution in [0.4, 0.5) is 5.95 Å². The molecule has 4 heteroatoms. The normalized spacial score (nSPS) is 21.9. The first-order valence-corrected chi connectivity index (χ1v) is 6.05. The maximum Gasteiger partial charge on any atom is 0.243 e. The highest BCUT2D eigenvalue weighted by molar-refractivity contribution is 5.31. The largest absolute Gasteiger partial charge is 0.350 e. The number of aromatic nitrogens is 3. The maximum atomic E-state index is 4.52. The summed E-state index contributed by atoms with van der Waals surface area (Å²) in [5.74, 6) is 0.685. The molecule has 16 heavy (non-hydrogen) atoms. The average Bonchev–Trinajstić information content (AvgIpc) is 2.85. The second-order valence-electron chi connectivity index (χ2n) is 5.13. The summed E-state index contributed by atoms with van der Waals surface area (Å²) >= 11 is 0. The molecule has 1 aliphatic carbocycles. The van der Waals surface area contributed by atoms with Crippen LogP contribution < -0.4 is 5.32 Å². The molecule has 0 amide bonds. The molecule has 1 aromatic rings. The third kappa shape index (κ3) is 2.15. The third-order valence-electron chi connectivity index (χ3n) is 3.33. The topological polar surface area (TPSA) is 50.7 Å². The minimum absolute atomic E-state index is 0.388. The summed E-state index contributed by atoms with van der Waals surface area (Å²) < 4.78 is 0. The maximum absolute atomic E-state index is 4.52. The Bertz CT molecular complexity index is 387. The molecule has 0 radical (unpaired) electrons. The van der Waals surface area contributed by atoms with E-state index in [-0.39, 0.29) is 0 Å². The van der Waals surface area contributed by atoms with Crippen molar-refractivity contribution in [2.24, 2.45) is 5.41 Å². The molecule has 1 N–H and O–H groups in total. The van der Waals surface area contributed by atoms with Gasteiger partial charge in [0.05, 0.1) is 11.4 Å². The Balaban J connectivity index is 2.11. The lowest BCUT2D eigenvalue weighted by atomic mass is 10.2. The molecule has 0 saturated heterocycles. The highest BCUT2D eigenvalue weighted by atomic mass is 15.3. The summed E-state index contributed by atoms with van der Waals surface area (Å²) in [4.78, 5) is 4.52. The lowest BCUT2D eigenvalue weighted by Gasteiger charge is -2.08. The van der Waals surface area contributed by atoms with Crippen LogP contribution in [0.1, 0.15) is 45.5 Å². The quantitative estimate of drug-likeness (QED) is 0.845. The van der Waals surface area contributed by atoms with Crippen LogP contribution >= 0.6 is 0 Å². The van der Waals surface area contributed by atoms with Crippen LogP contribution in [0.5, 0.6) is 0 Å². The molecule has 1 unspecified atom stereocenters. The van der Waals surface area contributed by atoms with E-state index < -0.39 is 0 Å². The molecule has 4 nitrogen and oxygen atoms in total. The summed E-state index contributed by atoms with van der Waals surface area (Å²) in [7, 11) is 0. The van der Waals surface area contributed by atoms with Gasteiger partial charge in [0.2, 0.25) is 5.95 Å². The number of hydrogen-bond acceptors (Lipinski definition) is 4. The number of aryl methyl sites for hydroxylation is 2. The molecule has 1 fully saturated rings. The Morgan fingerprint density at radius 2 is 1.81 bits per heavy atom. The summed E-state index contributed by atoms with van der Waals surface area (Å²) in [5.41, 5.74) is 2.47. The monoisotopic (exact) mass is 220 g/mol. The van der Waals surface area contributed by atoms with Crippen molar-refractivity contribution >= 4 is 5.95 Å². The van der Waals surface area contributed by atoms with Crippen molar-refractivity contribution in [2.45, 2.75) is 53.0 Å². The van der Waals surface area contributed by atoms with Crippen LogP contribution in [0.25, 0.3) is 0 Å². The zero-order valence-corrected chi connectivity index (χ0v) is 10.5. The van der Waals surface area contributed by atoms with Gasteiger partial charge in [-0.05, 0) is 24.7 Å². The summed E-state index contributed by atoms with van der Waals surface area (Å²) in [5, 5.41) is 11.7. The van der Waals surface area contributed by atoms with E-state index in [9.17, 15) is 0 Å². The smallest absolute Gasteiger partial charge is 0.243 e. The molecule has 1 heterocycles. The zero-order valence-electron chi connectivity index (χ0n) is 10.5. The fraction of sp³-hybridized carbons (Fsp3) is 0.750. The lowest BCUT2D eigenvalue weighted by molar-refractivity contribution is 0.627. The van der Waals surface area contributed by atoms with E-state index in [1.165, 1.54) is 6.42 Å². The molecule has 0 spiro atoms. The van der Waals surface area contributed by atoms with Crippen LogP contribution in [0.15, 0.2) is 0 Å². The first-order chi connectivity index (χ1) is 7.56. The molecule has 0 bridgehead atoms. The Hall–Kier alpha value is -1.19. The first-order valence-electron chi connectivity index (χ1n) is 6.05. The van der Waals surface area contributed by atoms with Gasteiger partial charge in [-0.25, -0.2) is 4.98 Å². The highest BCUT2D eigenvalue weighted by Gasteiger charge is 2.46. The first kappa shape index (κ1) is 11.3. The van der Waals surface area contributed by atoms with Crippen molar-refractivity contribution in [3.05, 3.63) is 11.4 Å². The fourth-order valence-corrected chi connectivity index (χ4v) is 1.87. The second-order valence-corrected chi connectivity index (χ2v) is 5.13. The molecule has 0 aliphatic heterocycles. The van der Waals surface area contributed by atoms with E-state index in [0.717, 1.165) is 24.2 Å². The van der Waals surface area contributed by atoms with Gasteiger partial charge in [-0.15, -0.1) is 5.10 Å². The minimum atomic E-state index is 0.388. The van der Waals surface area contributed by atoms with Gasteiger partial charge < -0.3 is 5.32 Å². The highest BCUT2D eigenvalue weighted by Crippen LogP contribution is 2.46. The van der Waals surface area contributed by atoms with Crippen molar-refractivity contribution in [2.75, 3.05) is 5.32 Å². The van der Waals surface area contributed by atoms with E-state index in [0.29, 0.717) is 17.4 Å². The minimum Gasteiger partial charge on any atom is -0.350 e. The van der Waals surface area contributed by atoms with E-state index in [4.69, 9.17) is 0 Å². The third-order valence-corrected chi connectivity index (χ3v) is 3.33. The molecular weight excluding hydrogens is 200 g/mol. The second kappa shape index (κ2) is 4.00. The molecule has 1 saturated carbocycles. The summed E-state index contributed by atoms with van der Waals surface area (Å²) in [6.07, 6.45) is 3.01. The van der Waals surface area contributed by atoms with Crippen molar-refractivity contribution in [1.82, 2.24) is 15.2 Å². The Morgan fingerprint density at radius 3 is 2.31 bits per heavy atom. The van der Waals surface area contributed by atoms with Crippen molar-refractivity contribution in [3.8, 4) is 0 Å². The number of anilines is 1. The average molecular weight is 220 g/mol. The van der Waals surface area contributed by atoms with E-state index in [1.807, 2.05) is 0 Å². The van der Waals surface area contributed by atoms with E-state index in [1.54, 1.807) is 0 Å². The molecule has 1 atom stereocenters. The van der Waals surface area contributed by atoms with E-state index in [2.05, 4.69) is 48.2 Å². The van der Waals surface area contributed by atoms with Crippen molar-refractivity contribution in [3.63, 3.8) is 0 Å². The summed E-state index contributed by atoms with van der Waals surface area (Å²) in [6, 6.07) is 0.506. The van der Waals surface area contributed by atoms with Crippen molar-refractivity contribution in [1.29, 1.82) is 0 Å². The molecular formula is C12H20N4. The molecule has 2 rings (SSSR count). The van der Waals surface area contributed by atoms with Gasteiger partial charge in [-0.2, -0.15) is 5.10 Å². The van der Waals surface area contributed by atoms with Crippen LogP contribution in [0, 0.1) is 5.41 Å². The molecule has 88 valence electrons. The van der Waals surface area contributed by atoms with Crippen molar-refractivity contribution < 1.29 is 0 Å². The number of nitrogens with one attached hydrogen (secondary N) is 1. The molecule has 1 aliphatic rings. The number of hydrogen-bond donors (Lipinski definition) is 1. The number of rotatable bonds is 4. The van der Waals surface area contributed by atoms with Crippen LogP contribution in [-0.2, 0) is 12.8 Å². The van der Waals surface area contributed by atoms with Gasteiger partial charge in [-0.3, -0.25) is 0 Å². The standard InChI is InChI=1S/C12H20N4/c1-5-8-9(6-2)15-16-11(13-8)14-10-7-12(10,3)4/h10H,5-7H2,1-4H3,(H,13,14,16). The predicted octanol–water partition coefficient (Wildman–Crippen LogP) is 2.21.